The van der Waals surface area contributed by atoms with E-state index in [1.807, 2.05) is 42.2 Å². The number of aromatic nitrogens is 3. The van der Waals surface area contributed by atoms with Crippen molar-refractivity contribution in [2.45, 2.75) is 83.3 Å². The second-order valence-corrected chi connectivity index (χ2v) is 12.1. The lowest BCUT2D eigenvalue weighted by atomic mass is 9.95. The zero-order valence-corrected chi connectivity index (χ0v) is 24.6. The molecule has 0 radical (unpaired) electrons. The molecule has 1 saturated carbocycles. The molecule has 0 unspecified atom stereocenters. The van der Waals surface area contributed by atoms with Gasteiger partial charge in [0.1, 0.15) is 5.65 Å². The van der Waals surface area contributed by atoms with E-state index < -0.39 is 0 Å². The highest BCUT2D eigenvalue weighted by atomic mass is 16.2. The molecule has 2 saturated heterocycles. The molecule has 4 heterocycles. The van der Waals surface area contributed by atoms with Gasteiger partial charge in [-0.05, 0) is 56.2 Å². The number of likely N-dealkylation sites (tertiary alicyclic amines) is 2. The molecule has 6 rings (SSSR count). The first kappa shape index (κ1) is 28.2. The number of rotatable bonds is 5. The quantitative estimate of drug-likeness (QED) is 0.467. The summed E-state index contributed by atoms with van der Waals surface area (Å²) < 4.78 is 1.78. The Morgan fingerprint density at radius 2 is 1.64 bits per heavy atom. The van der Waals surface area contributed by atoms with Crippen molar-refractivity contribution >= 4 is 28.9 Å². The summed E-state index contributed by atoms with van der Waals surface area (Å²) in [7, 11) is 0. The standard InChI is InChI=1S/C32H41N7O3/c1-21-8-6-7-11-27(21)28-18-23-19-33-31(36-29(23)39(30(28)41)26-14-17-38(20-26)22(2)40)34-25-12-15-37(16-13-25)32(42)35-24-9-4-3-5-10-24/h6-8,11,18-19,24-26H,3-5,9-10,12-17,20H2,1-2H3,(H,35,42)(H,33,34,36)/t26-/m0/s1. The molecule has 1 aliphatic carbocycles. The largest absolute Gasteiger partial charge is 0.351 e. The molecule has 222 valence electrons. The van der Waals surface area contributed by atoms with Crippen molar-refractivity contribution < 1.29 is 9.59 Å². The number of fused-ring (bicyclic) bond motifs is 1. The van der Waals surface area contributed by atoms with Crippen molar-refractivity contribution in [3.8, 4) is 11.1 Å². The molecule has 3 aliphatic rings. The Labute approximate surface area is 246 Å². The van der Waals surface area contributed by atoms with Crippen LogP contribution in [0.5, 0.6) is 0 Å². The summed E-state index contributed by atoms with van der Waals surface area (Å²) >= 11 is 0. The number of urea groups is 1. The number of anilines is 1. The Morgan fingerprint density at radius 1 is 0.905 bits per heavy atom. The SMILES string of the molecule is CC(=O)N1CC[C@H](n2c(=O)c(-c3ccccc3C)cc3cnc(NC4CCN(C(=O)NC5CCCCC5)CC4)nc32)C1. The van der Waals surface area contributed by atoms with E-state index in [4.69, 9.17) is 4.98 Å². The van der Waals surface area contributed by atoms with Crippen LogP contribution in [0.25, 0.3) is 22.2 Å². The van der Waals surface area contributed by atoms with Crippen LogP contribution in [-0.4, -0.2) is 74.5 Å². The highest BCUT2D eigenvalue weighted by molar-refractivity contribution is 5.82. The normalized spacial score (nSPS) is 20.2. The van der Waals surface area contributed by atoms with Crippen LogP contribution in [0.1, 0.15) is 69.9 Å². The van der Waals surface area contributed by atoms with E-state index in [-0.39, 0.29) is 29.6 Å². The minimum atomic E-state index is -0.165. The first-order valence-electron chi connectivity index (χ1n) is 15.4. The van der Waals surface area contributed by atoms with E-state index >= 15 is 0 Å². The molecule has 2 aliphatic heterocycles. The van der Waals surface area contributed by atoms with Gasteiger partial charge in [-0.15, -0.1) is 0 Å². The van der Waals surface area contributed by atoms with E-state index in [0.29, 0.717) is 55.8 Å². The number of aryl methyl sites for hydroxylation is 1. The van der Waals surface area contributed by atoms with Crippen molar-refractivity contribution in [1.29, 1.82) is 0 Å². The number of piperidine rings is 1. The Bertz CT molecular complexity index is 1520. The Kier molecular flexibility index (Phi) is 8.13. The molecule has 10 nitrogen and oxygen atoms in total. The molecule has 3 fully saturated rings. The van der Waals surface area contributed by atoms with E-state index in [2.05, 4.69) is 15.6 Å². The van der Waals surface area contributed by atoms with Crippen molar-refractivity contribution in [3.63, 3.8) is 0 Å². The monoisotopic (exact) mass is 571 g/mol. The fourth-order valence-electron chi connectivity index (χ4n) is 6.76. The van der Waals surface area contributed by atoms with Gasteiger partial charge < -0.3 is 20.4 Å². The molecule has 10 heteroatoms. The van der Waals surface area contributed by atoms with Crippen molar-refractivity contribution in [1.82, 2.24) is 29.7 Å². The van der Waals surface area contributed by atoms with Crippen molar-refractivity contribution in [3.05, 3.63) is 52.4 Å². The van der Waals surface area contributed by atoms with Gasteiger partial charge in [0.2, 0.25) is 11.9 Å². The van der Waals surface area contributed by atoms with E-state index in [9.17, 15) is 14.4 Å². The number of pyridine rings is 1. The number of benzene rings is 1. The predicted molar refractivity (Wildman–Crippen MR) is 164 cm³/mol. The summed E-state index contributed by atoms with van der Waals surface area (Å²) in [5.74, 6) is 0.492. The van der Waals surface area contributed by atoms with Gasteiger partial charge in [-0.3, -0.25) is 14.2 Å². The van der Waals surface area contributed by atoms with Gasteiger partial charge in [0, 0.05) is 62.3 Å². The van der Waals surface area contributed by atoms with E-state index in [0.717, 1.165) is 42.2 Å². The number of nitrogens with one attached hydrogen (secondary N) is 2. The molecule has 2 aromatic heterocycles. The fraction of sp³-hybridized carbons (Fsp3) is 0.531. The minimum absolute atomic E-state index is 0.0145. The van der Waals surface area contributed by atoms with Crippen molar-refractivity contribution in [2.75, 3.05) is 31.5 Å². The van der Waals surface area contributed by atoms with Crippen LogP contribution in [0.4, 0.5) is 10.7 Å². The minimum Gasteiger partial charge on any atom is -0.351 e. The molecular formula is C32H41N7O3. The first-order chi connectivity index (χ1) is 20.4. The van der Waals surface area contributed by atoms with Crippen LogP contribution in [0.2, 0.25) is 0 Å². The van der Waals surface area contributed by atoms with Crippen LogP contribution >= 0.6 is 0 Å². The highest BCUT2D eigenvalue weighted by Gasteiger charge is 2.30. The Hall–Kier alpha value is -3.95. The molecule has 42 heavy (non-hydrogen) atoms. The smallest absolute Gasteiger partial charge is 0.317 e. The molecule has 3 amide bonds. The lowest BCUT2D eigenvalue weighted by Crippen LogP contribution is -2.49. The average Bonchev–Trinajstić information content (AvgIpc) is 3.48. The maximum absolute atomic E-state index is 14.1. The van der Waals surface area contributed by atoms with Crippen LogP contribution < -0.4 is 16.2 Å². The van der Waals surface area contributed by atoms with E-state index in [1.165, 1.54) is 19.3 Å². The molecule has 1 aromatic carbocycles. The van der Waals surface area contributed by atoms with Crippen LogP contribution in [0, 0.1) is 6.92 Å². The molecule has 1 atom stereocenters. The molecule has 3 aromatic rings. The Balaban J connectivity index is 1.23. The average molecular weight is 572 g/mol. The summed E-state index contributed by atoms with van der Waals surface area (Å²) in [6.45, 7) is 6.03. The summed E-state index contributed by atoms with van der Waals surface area (Å²) in [4.78, 5) is 52.2. The number of hydrogen-bond donors (Lipinski definition) is 2. The van der Waals surface area contributed by atoms with Crippen LogP contribution in [0.15, 0.2) is 41.3 Å². The number of hydrogen-bond acceptors (Lipinski definition) is 6. The lowest BCUT2D eigenvalue weighted by Gasteiger charge is -2.34. The lowest BCUT2D eigenvalue weighted by molar-refractivity contribution is -0.127. The third-order valence-corrected chi connectivity index (χ3v) is 9.23. The second-order valence-electron chi connectivity index (χ2n) is 12.1. The number of amides is 3. The zero-order chi connectivity index (χ0) is 29.2. The van der Waals surface area contributed by atoms with Gasteiger partial charge >= 0.3 is 6.03 Å². The van der Waals surface area contributed by atoms with Gasteiger partial charge in [-0.25, -0.2) is 9.78 Å². The second kappa shape index (κ2) is 12.1. The summed E-state index contributed by atoms with van der Waals surface area (Å²) in [6.07, 6.45) is 9.89. The molecular weight excluding hydrogens is 530 g/mol. The summed E-state index contributed by atoms with van der Waals surface area (Å²) in [5, 5.41) is 7.49. The third-order valence-electron chi connectivity index (χ3n) is 9.23. The fourth-order valence-corrected chi connectivity index (χ4v) is 6.76. The van der Waals surface area contributed by atoms with E-state index in [1.54, 1.807) is 22.6 Å². The molecule has 2 N–H and O–H groups in total. The molecule has 0 spiro atoms. The van der Waals surface area contributed by atoms with Gasteiger partial charge in [-0.1, -0.05) is 43.5 Å². The highest BCUT2D eigenvalue weighted by Crippen LogP contribution is 2.29. The first-order valence-corrected chi connectivity index (χ1v) is 15.4. The Morgan fingerprint density at radius 3 is 2.36 bits per heavy atom. The summed E-state index contributed by atoms with van der Waals surface area (Å²) in [5.41, 5.74) is 3.00. The molecule has 0 bridgehead atoms. The number of nitrogens with zero attached hydrogens (tertiary/aromatic N) is 5. The summed E-state index contributed by atoms with van der Waals surface area (Å²) in [6, 6.07) is 10.1. The van der Waals surface area contributed by atoms with Crippen LogP contribution in [-0.2, 0) is 4.79 Å². The maximum atomic E-state index is 14.1. The predicted octanol–water partition coefficient (Wildman–Crippen LogP) is 4.48. The van der Waals surface area contributed by atoms with Gasteiger partial charge in [0.05, 0.1) is 6.04 Å². The third kappa shape index (κ3) is 5.84. The number of carbonyl (C=O) groups is 2. The van der Waals surface area contributed by atoms with Gasteiger partial charge in [0.25, 0.3) is 5.56 Å². The van der Waals surface area contributed by atoms with Crippen molar-refractivity contribution in [2.24, 2.45) is 0 Å². The van der Waals surface area contributed by atoms with Crippen LogP contribution in [0.3, 0.4) is 0 Å². The zero-order valence-electron chi connectivity index (χ0n) is 24.6. The van der Waals surface area contributed by atoms with Gasteiger partial charge in [0.15, 0.2) is 0 Å². The number of carbonyl (C=O) groups excluding carboxylic acids is 2. The van der Waals surface area contributed by atoms with Gasteiger partial charge in [-0.2, -0.15) is 4.98 Å². The topological polar surface area (TPSA) is 112 Å². The maximum Gasteiger partial charge on any atom is 0.317 e.